The van der Waals surface area contributed by atoms with Crippen LogP contribution in [0, 0.1) is 18.3 Å². The van der Waals surface area contributed by atoms with Crippen LogP contribution in [-0.2, 0) is 4.74 Å². The molecule has 0 amide bonds. The zero-order chi connectivity index (χ0) is 15.1. The number of ether oxygens (including phenoxy) is 1. The maximum Gasteiger partial charge on any atom is 0.0765 e. The van der Waals surface area contributed by atoms with Gasteiger partial charge in [0.25, 0.3) is 0 Å². The Balaban J connectivity index is 2.78. The second kappa shape index (κ2) is 9.33. The topological polar surface area (TPSA) is 29.5 Å². The number of alkyl halides is 3. The van der Waals surface area contributed by atoms with Gasteiger partial charge in [-0.05, 0) is 25.3 Å². The number of hydrogen-bond donors (Lipinski definition) is 1. The van der Waals surface area contributed by atoms with Crippen LogP contribution in [-0.4, -0.2) is 39.5 Å². The Morgan fingerprint density at radius 2 is 2.30 bits per heavy atom. The largest absolute Gasteiger partial charge is 0.391 e. The Morgan fingerprint density at radius 3 is 2.85 bits per heavy atom. The van der Waals surface area contributed by atoms with Crippen molar-refractivity contribution in [2.24, 2.45) is 5.92 Å². The van der Waals surface area contributed by atoms with Gasteiger partial charge in [0.15, 0.2) is 0 Å². The molecule has 0 bridgehead atoms. The predicted molar refractivity (Wildman–Crippen MR) is 88.7 cm³/mol. The van der Waals surface area contributed by atoms with Crippen LogP contribution < -0.4 is 0 Å². The molecule has 5 heteroatoms. The minimum atomic E-state index is -0.587. The highest BCUT2D eigenvalue weighted by atomic mass is 79.9. The summed E-state index contributed by atoms with van der Waals surface area (Å²) >= 11 is 16.1. The molecular weight excluding hydrogens is 363 g/mol. The van der Waals surface area contributed by atoms with Crippen LogP contribution in [0.25, 0.3) is 0 Å². The summed E-state index contributed by atoms with van der Waals surface area (Å²) in [5, 5.41) is 10.4. The van der Waals surface area contributed by atoms with Crippen LogP contribution in [0.4, 0.5) is 0 Å². The summed E-state index contributed by atoms with van der Waals surface area (Å²) in [7, 11) is 0. The summed E-state index contributed by atoms with van der Waals surface area (Å²) in [4.78, 5) is 0. The van der Waals surface area contributed by atoms with Gasteiger partial charge in [-0.3, -0.25) is 0 Å². The average Bonchev–Trinajstić information content (AvgIpc) is 2.56. The molecule has 0 spiro atoms. The lowest BCUT2D eigenvalue weighted by Gasteiger charge is -2.28. The highest BCUT2D eigenvalue weighted by Gasteiger charge is 2.40. The molecule has 1 heterocycles. The Bertz CT molecular complexity index is 356. The van der Waals surface area contributed by atoms with Gasteiger partial charge in [-0.1, -0.05) is 34.9 Å². The first-order valence-electron chi connectivity index (χ1n) is 6.83. The lowest BCUT2D eigenvalue weighted by Crippen LogP contribution is -2.37. The van der Waals surface area contributed by atoms with Crippen LogP contribution >= 0.6 is 39.1 Å². The van der Waals surface area contributed by atoms with E-state index < -0.39 is 6.10 Å². The van der Waals surface area contributed by atoms with Crippen molar-refractivity contribution in [3.8, 4) is 12.3 Å². The molecule has 0 saturated carbocycles. The smallest absolute Gasteiger partial charge is 0.0765 e. The molecule has 1 aliphatic heterocycles. The van der Waals surface area contributed by atoms with E-state index in [1.54, 1.807) is 6.08 Å². The minimum Gasteiger partial charge on any atom is -0.391 e. The number of terminal acetylenes is 1. The SMILES string of the molecule is C#C/C=C\C[C@@H](Cl)[C@H]1C[C@H](Cl)[C@@H](O)[C@@H](CBr)[C@H](CC)O1. The standard InChI is InChI=1S/C15H21BrCl2O2/c1-3-5-6-7-11(17)14-8-12(18)15(19)10(9-16)13(4-2)20-14/h1,5-6,10-15,19H,4,7-9H2,2H3/b6-5-/t10-,11+,12-,13-,14+,15-/m0/s1. The van der Waals surface area contributed by atoms with Gasteiger partial charge >= 0.3 is 0 Å². The van der Waals surface area contributed by atoms with Gasteiger partial charge in [-0.2, -0.15) is 0 Å². The molecule has 1 rings (SSSR count). The number of halogens is 3. The van der Waals surface area contributed by atoms with E-state index in [1.807, 2.05) is 13.0 Å². The van der Waals surface area contributed by atoms with E-state index in [0.29, 0.717) is 18.2 Å². The number of hydrogen-bond acceptors (Lipinski definition) is 2. The average molecular weight is 384 g/mol. The summed E-state index contributed by atoms with van der Waals surface area (Å²) in [6.07, 6.45) is 9.84. The molecular formula is C15H21BrCl2O2. The third-order valence-corrected chi connectivity index (χ3v) is 5.30. The second-order valence-electron chi connectivity index (χ2n) is 5.00. The highest BCUT2D eigenvalue weighted by Crippen LogP contribution is 2.33. The highest BCUT2D eigenvalue weighted by molar-refractivity contribution is 9.09. The molecule has 0 unspecified atom stereocenters. The quantitative estimate of drug-likeness (QED) is 0.579. The van der Waals surface area contributed by atoms with Crippen LogP contribution in [0.1, 0.15) is 26.2 Å². The molecule has 1 N–H and O–H groups in total. The Morgan fingerprint density at radius 1 is 1.60 bits per heavy atom. The van der Waals surface area contributed by atoms with Gasteiger partial charge in [-0.25, -0.2) is 0 Å². The number of allylic oxidation sites excluding steroid dienone is 2. The van der Waals surface area contributed by atoms with Gasteiger partial charge in [0, 0.05) is 11.2 Å². The zero-order valence-corrected chi connectivity index (χ0v) is 14.6. The van der Waals surface area contributed by atoms with E-state index in [9.17, 15) is 5.11 Å². The first-order valence-corrected chi connectivity index (χ1v) is 8.83. The van der Waals surface area contributed by atoms with Crippen molar-refractivity contribution < 1.29 is 9.84 Å². The van der Waals surface area contributed by atoms with E-state index in [2.05, 4.69) is 21.9 Å². The third-order valence-electron chi connectivity index (χ3n) is 3.65. The van der Waals surface area contributed by atoms with Crippen molar-refractivity contribution in [3.63, 3.8) is 0 Å². The van der Waals surface area contributed by atoms with Crippen LogP contribution in [0.2, 0.25) is 0 Å². The van der Waals surface area contributed by atoms with E-state index in [-0.39, 0.29) is 28.9 Å². The Labute approximate surface area is 140 Å². The molecule has 0 aromatic heterocycles. The van der Waals surface area contributed by atoms with Crippen LogP contribution in [0.3, 0.4) is 0 Å². The number of aliphatic hydroxyl groups is 1. The Kier molecular flexibility index (Phi) is 8.55. The molecule has 0 aromatic carbocycles. The molecule has 20 heavy (non-hydrogen) atoms. The molecule has 1 aliphatic rings. The summed E-state index contributed by atoms with van der Waals surface area (Å²) in [6, 6.07) is 0. The maximum absolute atomic E-state index is 10.3. The van der Waals surface area contributed by atoms with E-state index in [4.69, 9.17) is 34.4 Å². The van der Waals surface area contributed by atoms with Crippen molar-refractivity contribution in [2.45, 2.75) is 55.3 Å². The fourth-order valence-corrected chi connectivity index (χ4v) is 3.90. The Hall–Kier alpha value is 0.280. The number of aliphatic hydroxyl groups excluding tert-OH is 1. The van der Waals surface area contributed by atoms with Crippen LogP contribution in [0.15, 0.2) is 12.2 Å². The van der Waals surface area contributed by atoms with Crippen molar-refractivity contribution in [1.29, 1.82) is 0 Å². The summed E-state index contributed by atoms with van der Waals surface area (Å²) in [5.41, 5.74) is 0. The minimum absolute atomic E-state index is 0.0161. The van der Waals surface area contributed by atoms with Gasteiger partial charge in [0.2, 0.25) is 0 Å². The normalized spacial score (nSPS) is 36.5. The number of rotatable bonds is 5. The van der Waals surface area contributed by atoms with E-state index in [1.165, 1.54) is 0 Å². The fraction of sp³-hybridized carbons (Fsp3) is 0.733. The molecule has 1 fully saturated rings. The van der Waals surface area contributed by atoms with Gasteiger partial charge in [0.1, 0.15) is 0 Å². The molecule has 114 valence electrons. The molecule has 0 aromatic rings. The molecule has 0 radical (unpaired) electrons. The monoisotopic (exact) mass is 382 g/mol. The van der Waals surface area contributed by atoms with Crippen LogP contribution in [0.5, 0.6) is 0 Å². The second-order valence-corrected chi connectivity index (χ2v) is 6.77. The molecule has 0 aliphatic carbocycles. The van der Waals surface area contributed by atoms with E-state index >= 15 is 0 Å². The third kappa shape index (κ3) is 4.93. The lowest BCUT2D eigenvalue weighted by molar-refractivity contribution is -0.0447. The zero-order valence-electron chi connectivity index (χ0n) is 11.5. The summed E-state index contributed by atoms with van der Waals surface area (Å²) in [5.74, 6) is 2.42. The molecule has 1 saturated heterocycles. The molecule has 6 atom stereocenters. The first-order chi connectivity index (χ1) is 9.54. The van der Waals surface area contributed by atoms with Crippen molar-refractivity contribution in [2.75, 3.05) is 5.33 Å². The maximum atomic E-state index is 10.3. The van der Waals surface area contributed by atoms with Crippen molar-refractivity contribution in [3.05, 3.63) is 12.2 Å². The molecule has 2 nitrogen and oxygen atoms in total. The van der Waals surface area contributed by atoms with Gasteiger partial charge in [-0.15, -0.1) is 29.6 Å². The fourth-order valence-electron chi connectivity index (χ4n) is 2.47. The van der Waals surface area contributed by atoms with Gasteiger partial charge < -0.3 is 9.84 Å². The van der Waals surface area contributed by atoms with Crippen molar-refractivity contribution >= 4 is 39.1 Å². The first kappa shape index (κ1) is 18.3. The lowest BCUT2D eigenvalue weighted by atomic mass is 9.93. The summed E-state index contributed by atoms with van der Waals surface area (Å²) in [6.45, 7) is 2.04. The van der Waals surface area contributed by atoms with Crippen molar-refractivity contribution in [1.82, 2.24) is 0 Å². The summed E-state index contributed by atoms with van der Waals surface area (Å²) < 4.78 is 6.11. The van der Waals surface area contributed by atoms with E-state index in [0.717, 1.165) is 6.42 Å². The van der Waals surface area contributed by atoms with Gasteiger partial charge in [0.05, 0.1) is 29.1 Å². The predicted octanol–water partition coefficient (Wildman–Crippen LogP) is 3.72.